The lowest BCUT2D eigenvalue weighted by Crippen LogP contribution is -2.34. The van der Waals surface area contributed by atoms with E-state index in [1.165, 1.54) is 17.5 Å². The zero-order chi connectivity index (χ0) is 38.4. The first kappa shape index (κ1) is 41.7. The number of carboxylic acid groups (broad SMARTS) is 3. The number of nitrogens with one attached hydrogen (secondary N) is 1. The molecule has 51 heavy (non-hydrogen) atoms. The van der Waals surface area contributed by atoms with Crippen LogP contribution in [-0.4, -0.2) is 89.3 Å². The maximum Gasteiger partial charge on any atom is 0.490 e. The molecule has 0 saturated carbocycles. The van der Waals surface area contributed by atoms with E-state index in [0.29, 0.717) is 5.92 Å². The first-order valence-electron chi connectivity index (χ1n) is 14.3. The molecule has 5 rings (SSSR count). The molecule has 1 atom stereocenters. The molecule has 1 unspecified atom stereocenters. The number of nitrogens with zero attached hydrogens (tertiary/aromatic N) is 5. The Morgan fingerprint density at radius 1 is 0.765 bits per heavy atom. The van der Waals surface area contributed by atoms with Crippen LogP contribution in [0.2, 0.25) is 0 Å². The number of piperidine rings is 1. The maximum atomic E-state index is 10.6. The summed E-state index contributed by atoms with van der Waals surface area (Å²) in [6.07, 6.45) is -7.17. The Balaban J connectivity index is 0.000000352. The number of anilines is 1. The van der Waals surface area contributed by atoms with Gasteiger partial charge in [0.2, 0.25) is 0 Å². The molecule has 1 fully saturated rings. The largest absolute Gasteiger partial charge is 0.490 e. The van der Waals surface area contributed by atoms with Gasteiger partial charge in [0.15, 0.2) is 11.5 Å². The van der Waals surface area contributed by atoms with Gasteiger partial charge in [-0.25, -0.2) is 23.9 Å². The molecule has 0 aliphatic carbocycles. The van der Waals surface area contributed by atoms with Crippen molar-refractivity contribution in [1.29, 1.82) is 0 Å². The van der Waals surface area contributed by atoms with E-state index in [1.54, 1.807) is 0 Å². The Morgan fingerprint density at radius 3 is 1.80 bits per heavy atom. The Morgan fingerprint density at radius 2 is 1.29 bits per heavy atom. The molecule has 0 bridgehead atoms. The van der Waals surface area contributed by atoms with E-state index in [2.05, 4.69) is 57.7 Å². The number of likely N-dealkylation sites (tertiary alicyclic amines) is 1. The zero-order valence-corrected chi connectivity index (χ0v) is 26.0. The molecule has 12 nitrogen and oxygen atoms in total. The average molecular weight is 741 g/mol. The summed E-state index contributed by atoms with van der Waals surface area (Å²) < 4.78 is 97.1. The van der Waals surface area contributed by atoms with Crippen LogP contribution in [0.1, 0.15) is 35.7 Å². The fourth-order valence-electron chi connectivity index (χ4n) is 4.13. The number of hydrogen-bond acceptors (Lipinski definition) is 8. The highest BCUT2D eigenvalue weighted by atomic mass is 19.4. The van der Waals surface area contributed by atoms with E-state index in [1.807, 2.05) is 35.2 Å². The number of fused-ring (bicyclic) bond motifs is 1. The average Bonchev–Trinajstić information content (AvgIpc) is 3.48. The van der Waals surface area contributed by atoms with Gasteiger partial charge in [0, 0.05) is 37.9 Å². The number of hydrogen-bond donors (Lipinski definition) is 4. The van der Waals surface area contributed by atoms with E-state index in [0.717, 1.165) is 49.8 Å². The second kappa shape index (κ2) is 18.5. The molecule has 3 aromatic heterocycles. The summed E-state index contributed by atoms with van der Waals surface area (Å²) in [4.78, 5) is 38.1. The highest BCUT2D eigenvalue weighted by molar-refractivity contribution is 5.73. The first-order chi connectivity index (χ1) is 23.7. The van der Waals surface area contributed by atoms with E-state index in [9.17, 15) is 39.5 Å². The van der Waals surface area contributed by atoms with Gasteiger partial charge in [-0.3, -0.25) is 9.88 Å². The molecular formula is C30H29F9N6O6. The van der Waals surface area contributed by atoms with Gasteiger partial charge in [-0.15, -0.1) is 0 Å². The van der Waals surface area contributed by atoms with Crippen molar-refractivity contribution in [3.63, 3.8) is 0 Å². The second-order valence-electron chi connectivity index (χ2n) is 10.4. The smallest absolute Gasteiger partial charge is 0.475 e. The summed E-state index contributed by atoms with van der Waals surface area (Å²) in [6.45, 7) is 3.87. The monoisotopic (exact) mass is 740 g/mol. The van der Waals surface area contributed by atoms with E-state index >= 15 is 0 Å². The molecular weight excluding hydrogens is 711 g/mol. The number of halogens is 9. The van der Waals surface area contributed by atoms with Crippen LogP contribution in [0.25, 0.3) is 5.65 Å². The van der Waals surface area contributed by atoms with Crippen LogP contribution >= 0.6 is 0 Å². The molecule has 0 radical (unpaired) electrons. The molecule has 0 spiro atoms. The quantitative estimate of drug-likeness (QED) is 0.171. The molecule has 4 N–H and O–H groups in total. The van der Waals surface area contributed by atoms with Gasteiger partial charge in [-0.05, 0) is 54.8 Å². The van der Waals surface area contributed by atoms with Gasteiger partial charge in [-0.1, -0.05) is 30.3 Å². The zero-order valence-electron chi connectivity index (χ0n) is 26.0. The third kappa shape index (κ3) is 15.3. The minimum absolute atomic E-state index is 0.376. The third-order valence-corrected chi connectivity index (χ3v) is 6.44. The predicted octanol–water partition coefficient (Wildman–Crippen LogP) is 6.02. The minimum Gasteiger partial charge on any atom is -0.475 e. The van der Waals surface area contributed by atoms with Gasteiger partial charge < -0.3 is 20.6 Å². The second-order valence-corrected chi connectivity index (χ2v) is 10.4. The molecule has 1 aliphatic heterocycles. The number of aromatic nitrogens is 4. The summed E-state index contributed by atoms with van der Waals surface area (Å²) in [5, 5.41) is 29.7. The molecule has 278 valence electrons. The normalized spacial score (nSPS) is 14.8. The van der Waals surface area contributed by atoms with E-state index in [-0.39, 0.29) is 0 Å². The number of alkyl halides is 9. The van der Waals surface area contributed by atoms with Crippen molar-refractivity contribution in [2.45, 2.75) is 50.4 Å². The Hall–Kier alpha value is -5.47. The lowest BCUT2D eigenvalue weighted by atomic mass is 9.97. The van der Waals surface area contributed by atoms with Crippen molar-refractivity contribution in [2.75, 3.05) is 18.4 Å². The van der Waals surface area contributed by atoms with Crippen molar-refractivity contribution in [3.8, 4) is 0 Å². The Bertz CT molecular complexity index is 1650. The van der Waals surface area contributed by atoms with Gasteiger partial charge in [0.1, 0.15) is 0 Å². The Labute approximate surface area is 282 Å². The summed E-state index contributed by atoms with van der Waals surface area (Å²) >= 11 is 0. The van der Waals surface area contributed by atoms with Gasteiger partial charge in [0.05, 0.1) is 11.9 Å². The Kier molecular flexibility index (Phi) is 15.1. The van der Waals surface area contributed by atoms with Crippen LogP contribution in [0.15, 0.2) is 73.2 Å². The number of carboxylic acids is 3. The molecule has 0 amide bonds. The summed E-state index contributed by atoms with van der Waals surface area (Å²) in [5.41, 5.74) is 4.52. The molecule has 4 heterocycles. The fourth-order valence-corrected chi connectivity index (χ4v) is 4.13. The van der Waals surface area contributed by atoms with E-state index in [4.69, 9.17) is 39.8 Å². The molecule has 21 heteroatoms. The topological polar surface area (TPSA) is 170 Å². The first-order valence-corrected chi connectivity index (χ1v) is 14.3. The highest BCUT2D eigenvalue weighted by Gasteiger charge is 2.39. The van der Waals surface area contributed by atoms with Crippen LogP contribution in [0, 0.1) is 0 Å². The van der Waals surface area contributed by atoms with Crippen molar-refractivity contribution in [1.82, 2.24) is 24.5 Å². The number of benzene rings is 1. The molecule has 1 aromatic carbocycles. The van der Waals surface area contributed by atoms with Crippen LogP contribution in [0.4, 0.5) is 45.2 Å². The van der Waals surface area contributed by atoms with Gasteiger partial charge in [-0.2, -0.15) is 44.6 Å². The minimum atomic E-state index is -5.08. The van der Waals surface area contributed by atoms with E-state index < -0.39 is 36.4 Å². The van der Waals surface area contributed by atoms with Crippen LogP contribution < -0.4 is 5.32 Å². The maximum absolute atomic E-state index is 10.6. The highest BCUT2D eigenvalue weighted by Crippen LogP contribution is 2.26. The third-order valence-electron chi connectivity index (χ3n) is 6.44. The standard InChI is InChI=1S/C24H26N6.3C2HF3O2/c1-2-5-19(6-3-1)15-26-22-8-9-23-27-24(28-30(23)18-22)21-7-4-14-29(17-21)16-20-10-12-25-13-11-20;3*3-2(4,5)1(6)7/h1-3,5-6,8-13,18,21,26H,4,7,14-17H2;3*(H,6,7). The van der Waals surface area contributed by atoms with Crippen LogP contribution in [0.5, 0.6) is 0 Å². The summed E-state index contributed by atoms with van der Waals surface area (Å²) in [7, 11) is 0. The molecule has 1 saturated heterocycles. The molecule has 4 aromatic rings. The van der Waals surface area contributed by atoms with Crippen molar-refractivity contribution >= 4 is 29.2 Å². The lowest BCUT2D eigenvalue weighted by Gasteiger charge is -2.31. The number of aliphatic carboxylic acids is 3. The SMILES string of the molecule is O=C(O)C(F)(F)F.O=C(O)C(F)(F)F.O=C(O)C(F)(F)F.c1ccc(CNc2ccc3nc(C4CCCN(Cc5ccncc5)C4)nn3c2)cc1. The van der Waals surface area contributed by atoms with Crippen molar-refractivity contribution in [3.05, 3.63) is 90.1 Å². The van der Waals surface area contributed by atoms with Crippen molar-refractivity contribution in [2.24, 2.45) is 0 Å². The number of carbonyl (C=O) groups is 3. The van der Waals surface area contributed by atoms with Crippen LogP contribution in [-0.2, 0) is 27.5 Å². The summed E-state index contributed by atoms with van der Waals surface area (Å²) in [6, 6.07) is 18.7. The number of pyridine rings is 2. The van der Waals surface area contributed by atoms with Gasteiger partial charge in [0.25, 0.3) is 0 Å². The fraction of sp³-hybridized carbons (Fsp3) is 0.333. The number of rotatable bonds is 6. The van der Waals surface area contributed by atoms with Crippen LogP contribution in [0.3, 0.4) is 0 Å². The lowest BCUT2D eigenvalue weighted by molar-refractivity contribution is -0.193. The van der Waals surface area contributed by atoms with Crippen molar-refractivity contribution < 1.29 is 69.2 Å². The molecule has 1 aliphatic rings. The predicted molar refractivity (Wildman–Crippen MR) is 159 cm³/mol. The summed E-state index contributed by atoms with van der Waals surface area (Å²) in [5.74, 6) is -6.94. The van der Waals surface area contributed by atoms with Gasteiger partial charge >= 0.3 is 36.4 Å².